The standard InChI is InChI=1S/C13H21N3O2/c1-18-13(17)12(14)7-10-8-15-16(9-10)11-5-3-2-4-6-11/h8-9,11-12H,2-7,14H2,1H3. The number of methoxy groups -OCH3 is 1. The highest BCUT2D eigenvalue weighted by molar-refractivity contribution is 5.75. The molecular weight excluding hydrogens is 230 g/mol. The molecule has 1 atom stereocenters. The molecule has 1 unspecified atom stereocenters. The molecule has 0 aliphatic heterocycles. The minimum atomic E-state index is -0.598. The Kier molecular flexibility index (Phi) is 4.36. The average molecular weight is 251 g/mol. The molecule has 0 bridgehead atoms. The largest absolute Gasteiger partial charge is 0.468 e. The van der Waals surface area contributed by atoms with Crippen LogP contribution in [0.1, 0.15) is 43.7 Å². The summed E-state index contributed by atoms with van der Waals surface area (Å²) in [6.45, 7) is 0. The van der Waals surface area contributed by atoms with E-state index in [4.69, 9.17) is 5.73 Å². The van der Waals surface area contributed by atoms with Crippen molar-refractivity contribution in [2.75, 3.05) is 7.11 Å². The number of hydrogen-bond acceptors (Lipinski definition) is 4. The predicted molar refractivity (Wildman–Crippen MR) is 68.0 cm³/mol. The Morgan fingerprint density at radius 1 is 1.56 bits per heavy atom. The zero-order chi connectivity index (χ0) is 13.0. The van der Waals surface area contributed by atoms with Crippen molar-refractivity contribution in [2.45, 2.75) is 50.6 Å². The number of hydrogen-bond donors (Lipinski definition) is 1. The minimum Gasteiger partial charge on any atom is -0.468 e. The fraction of sp³-hybridized carbons (Fsp3) is 0.692. The van der Waals surface area contributed by atoms with Crippen LogP contribution < -0.4 is 5.73 Å². The van der Waals surface area contributed by atoms with Crippen LogP contribution in [-0.2, 0) is 16.0 Å². The van der Waals surface area contributed by atoms with Gasteiger partial charge in [0.15, 0.2) is 0 Å². The Hall–Kier alpha value is -1.36. The Morgan fingerprint density at radius 3 is 2.94 bits per heavy atom. The Bertz CT molecular complexity index is 397. The van der Waals surface area contributed by atoms with Gasteiger partial charge in [-0.15, -0.1) is 0 Å². The molecule has 1 aliphatic carbocycles. The van der Waals surface area contributed by atoms with Crippen LogP contribution in [0.15, 0.2) is 12.4 Å². The van der Waals surface area contributed by atoms with Crippen LogP contribution in [0.3, 0.4) is 0 Å². The summed E-state index contributed by atoms with van der Waals surface area (Å²) in [5.74, 6) is -0.375. The van der Waals surface area contributed by atoms with E-state index in [2.05, 4.69) is 9.84 Å². The first-order chi connectivity index (χ1) is 8.70. The molecule has 5 heteroatoms. The van der Waals surface area contributed by atoms with Crippen LogP contribution in [0.25, 0.3) is 0 Å². The summed E-state index contributed by atoms with van der Waals surface area (Å²) >= 11 is 0. The lowest BCUT2D eigenvalue weighted by Crippen LogP contribution is -2.33. The van der Waals surface area contributed by atoms with Crippen LogP contribution >= 0.6 is 0 Å². The van der Waals surface area contributed by atoms with Gasteiger partial charge >= 0.3 is 5.97 Å². The van der Waals surface area contributed by atoms with E-state index in [1.165, 1.54) is 39.2 Å². The Labute approximate surface area is 107 Å². The van der Waals surface area contributed by atoms with Gasteiger partial charge in [-0.05, 0) is 18.4 Å². The van der Waals surface area contributed by atoms with Crippen molar-refractivity contribution in [3.63, 3.8) is 0 Å². The molecule has 2 N–H and O–H groups in total. The van der Waals surface area contributed by atoms with Crippen molar-refractivity contribution < 1.29 is 9.53 Å². The van der Waals surface area contributed by atoms with Gasteiger partial charge < -0.3 is 10.5 Å². The van der Waals surface area contributed by atoms with E-state index in [-0.39, 0.29) is 5.97 Å². The van der Waals surface area contributed by atoms with Gasteiger partial charge in [0, 0.05) is 12.6 Å². The van der Waals surface area contributed by atoms with E-state index >= 15 is 0 Å². The maximum Gasteiger partial charge on any atom is 0.322 e. The minimum absolute atomic E-state index is 0.375. The van der Waals surface area contributed by atoms with Crippen molar-refractivity contribution in [1.29, 1.82) is 0 Å². The molecule has 1 aromatic rings. The first-order valence-electron chi connectivity index (χ1n) is 6.57. The molecule has 2 rings (SSSR count). The number of ether oxygens (including phenoxy) is 1. The lowest BCUT2D eigenvalue weighted by atomic mass is 9.96. The van der Waals surface area contributed by atoms with Gasteiger partial charge in [-0.2, -0.15) is 5.10 Å². The number of carbonyl (C=O) groups is 1. The number of nitrogens with two attached hydrogens (primary N) is 1. The molecule has 100 valence electrons. The van der Waals surface area contributed by atoms with Crippen LogP contribution in [0, 0.1) is 0 Å². The van der Waals surface area contributed by atoms with Crippen LogP contribution in [-0.4, -0.2) is 28.9 Å². The smallest absolute Gasteiger partial charge is 0.322 e. The molecule has 18 heavy (non-hydrogen) atoms. The van der Waals surface area contributed by atoms with Crippen molar-refractivity contribution in [3.05, 3.63) is 18.0 Å². The van der Waals surface area contributed by atoms with Gasteiger partial charge in [0.1, 0.15) is 6.04 Å². The van der Waals surface area contributed by atoms with Gasteiger partial charge in [0.2, 0.25) is 0 Å². The summed E-state index contributed by atoms with van der Waals surface area (Å²) in [6.07, 6.45) is 10.6. The lowest BCUT2D eigenvalue weighted by molar-refractivity contribution is -0.142. The maximum atomic E-state index is 11.3. The number of aromatic nitrogens is 2. The van der Waals surface area contributed by atoms with Crippen LogP contribution in [0.4, 0.5) is 0 Å². The van der Waals surface area contributed by atoms with E-state index in [1.54, 1.807) is 6.20 Å². The number of carbonyl (C=O) groups excluding carboxylic acids is 1. The zero-order valence-electron chi connectivity index (χ0n) is 10.8. The molecule has 0 aromatic carbocycles. The number of nitrogens with zero attached hydrogens (tertiary/aromatic N) is 2. The highest BCUT2D eigenvalue weighted by Gasteiger charge is 2.18. The molecule has 1 aromatic heterocycles. The second kappa shape index (κ2) is 6.00. The molecule has 0 spiro atoms. The normalized spacial score (nSPS) is 18.6. The molecule has 1 heterocycles. The summed E-state index contributed by atoms with van der Waals surface area (Å²) in [5, 5.41) is 4.39. The molecule has 1 fully saturated rings. The molecule has 1 saturated carbocycles. The van der Waals surface area contributed by atoms with E-state index in [0.717, 1.165) is 5.56 Å². The topological polar surface area (TPSA) is 70.1 Å². The van der Waals surface area contributed by atoms with Crippen molar-refractivity contribution in [1.82, 2.24) is 9.78 Å². The van der Waals surface area contributed by atoms with Gasteiger partial charge in [-0.3, -0.25) is 9.48 Å². The van der Waals surface area contributed by atoms with Gasteiger partial charge in [0.25, 0.3) is 0 Å². The zero-order valence-corrected chi connectivity index (χ0v) is 10.8. The fourth-order valence-electron chi connectivity index (χ4n) is 2.52. The monoisotopic (exact) mass is 251 g/mol. The third-order valence-corrected chi connectivity index (χ3v) is 3.56. The lowest BCUT2D eigenvalue weighted by Gasteiger charge is -2.21. The third-order valence-electron chi connectivity index (χ3n) is 3.56. The van der Waals surface area contributed by atoms with E-state index in [1.807, 2.05) is 10.9 Å². The maximum absolute atomic E-state index is 11.3. The second-order valence-electron chi connectivity index (χ2n) is 4.95. The third kappa shape index (κ3) is 3.10. The number of esters is 1. The Morgan fingerprint density at radius 2 is 2.28 bits per heavy atom. The van der Waals surface area contributed by atoms with Crippen LogP contribution in [0.2, 0.25) is 0 Å². The van der Waals surface area contributed by atoms with E-state index in [0.29, 0.717) is 12.5 Å². The Balaban J connectivity index is 1.95. The van der Waals surface area contributed by atoms with Gasteiger partial charge in [0.05, 0.1) is 19.3 Å². The first-order valence-corrected chi connectivity index (χ1v) is 6.57. The SMILES string of the molecule is COC(=O)C(N)Cc1cnn(C2CCCCC2)c1. The van der Waals surface area contributed by atoms with Gasteiger partial charge in [-0.25, -0.2) is 0 Å². The molecule has 0 amide bonds. The fourth-order valence-corrected chi connectivity index (χ4v) is 2.52. The van der Waals surface area contributed by atoms with Gasteiger partial charge in [-0.1, -0.05) is 19.3 Å². The quantitative estimate of drug-likeness (QED) is 0.822. The van der Waals surface area contributed by atoms with E-state index in [9.17, 15) is 4.79 Å². The first kappa shape index (κ1) is 13.1. The highest BCUT2D eigenvalue weighted by Crippen LogP contribution is 2.27. The van der Waals surface area contributed by atoms with E-state index < -0.39 is 6.04 Å². The summed E-state index contributed by atoms with van der Waals surface area (Å²) < 4.78 is 6.64. The number of rotatable bonds is 4. The summed E-state index contributed by atoms with van der Waals surface area (Å²) in [7, 11) is 1.35. The predicted octanol–water partition coefficient (Wildman–Crippen LogP) is 1.43. The second-order valence-corrected chi connectivity index (χ2v) is 4.95. The average Bonchev–Trinajstić information content (AvgIpc) is 2.87. The van der Waals surface area contributed by atoms with Crippen molar-refractivity contribution in [2.24, 2.45) is 5.73 Å². The molecule has 0 saturated heterocycles. The molecule has 5 nitrogen and oxygen atoms in total. The molecule has 1 aliphatic rings. The summed E-state index contributed by atoms with van der Waals surface area (Å²) in [6, 6.07) is -0.0825. The van der Waals surface area contributed by atoms with Crippen molar-refractivity contribution in [3.8, 4) is 0 Å². The molecular formula is C13H21N3O2. The molecule has 0 radical (unpaired) electrons. The van der Waals surface area contributed by atoms with Crippen molar-refractivity contribution >= 4 is 5.97 Å². The summed E-state index contributed by atoms with van der Waals surface area (Å²) in [5.41, 5.74) is 6.73. The van der Waals surface area contributed by atoms with Crippen LogP contribution in [0.5, 0.6) is 0 Å². The summed E-state index contributed by atoms with van der Waals surface area (Å²) in [4.78, 5) is 11.3. The highest BCUT2D eigenvalue weighted by atomic mass is 16.5.